The van der Waals surface area contributed by atoms with Crippen molar-refractivity contribution in [2.45, 2.75) is 26.4 Å². The molecule has 1 aromatic rings. The minimum atomic E-state index is -0.371. The van der Waals surface area contributed by atoms with Crippen molar-refractivity contribution in [3.05, 3.63) is 21.4 Å². The number of likely N-dealkylation sites (tertiary alicyclic amines) is 1. The Hall–Kier alpha value is -1.35. The van der Waals surface area contributed by atoms with Gasteiger partial charge in [-0.1, -0.05) is 11.8 Å². The maximum absolute atomic E-state index is 12.4. The molecule has 0 aliphatic carbocycles. The fourth-order valence-corrected chi connectivity index (χ4v) is 3.37. The molecule has 1 aliphatic rings. The van der Waals surface area contributed by atoms with Crippen molar-refractivity contribution in [3.63, 3.8) is 0 Å². The zero-order valence-electron chi connectivity index (χ0n) is 11.7. The van der Waals surface area contributed by atoms with Gasteiger partial charge in [-0.3, -0.25) is 4.79 Å². The van der Waals surface area contributed by atoms with Gasteiger partial charge >= 0.3 is 0 Å². The molecule has 5 heteroatoms. The second-order valence-electron chi connectivity index (χ2n) is 5.12. The molecule has 1 fully saturated rings. The third kappa shape index (κ3) is 3.21. The molecule has 0 saturated carbocycles. The molecule has 2 rings (SSSR count). The van der Waals surface area contributed by atoms with Crippen LogP contribution in [0.5, 0.6) is 0 Å². The molecule has 1 aliphatic heterocycles. The SMILES string of the molecule is Cc1cc(C(=O)N2CCC(C(C)O)C2)sc1C#CCO. The van der Waals surface area contributed by atoms with Crippen molar-refractivity contribution in [2.75, 3.05) is 19.7 Å². The van der Waals surface area contributed by atoms with Crippen molar-refractivity contribution in [1.82, 2.24) is 4.90 Å². The lowest BCUT2D eigenvalue weighted by molar-refractivity contribution is 0.0767. The van der Waals surface area contributed by atoms with Crippen molar-refractivity contribution < 1.29 is 15.0 Å². The zero-order valence-corrected chi connectivity index (χ0v) is 12.5. The number of carbonyl (C=O) groups excluding carboxylic acids is 1. The minimum Gasteiger partial charge on any atom is -0.393 e. The molecular weight excluding hydrogens is 274 g/mol. The van der Waals surface area contributed by atoms with Crippen molar-refractivity contribution in [1.29, 1.82) is 0 Å². The van der Waals surface area contributed by atoms with Gasteiger partial charge in [0.1, 0.15) is 6.61 Å². The summed E-state index contributed by atoms with van der Waals surface area (Å²) in [4.78, 5) is 15.7. The molecule has 1 amide bonds. The minimum absolute atomic E-state index is 0.0123. The molecule has 4 nitrogen and oxygen atoms in total. The zero-order chi connectivity index (χ0) is 14.7. The van der Waals surface area contributed by atoms with Crippen LogP contribution in [0, 0.1) is 24.7 Å². The average molecular weight is 293 g/mol. The smallest absolute Gasteiger partial charge is 0.263 e. The van der Waals surface area contributed by atoms with E-state index >= 15 is 0 Å². The molecule has 2 N–H and O–H groups in total. The molecule has 0 aromatic carbocycles. The van der Waals surface area contributed by atoms with Gasteiger partial charge in [-0.25, -0.2) is 0 Å². The standard InChI is InChI=1S/C15H19NO3S/c1-10-8-14(20-13(10)4-3-7-17)15(19)16-6-5-12(9-16)11(2)18/h8,11-12,17-18H,5-7,9H2,1-2H3. The summed E-state index contributed by atoms with van der Waals surface area (Å²) in [5.74, 6) is 5.66. The van der Waals surface area contributed by atoms with E-state index in [-0.39, 0.29) is 24.5 Å². The lowest BCUT2D eigenvalue weighted by Crippen LogP contribution is -2.29. The highest BCUT2D eigenvalue weighted by Gasteiger charge is 2.30. The average Bonchev–Trinajstić information content (AvgIpc) is 3.02. The number of rotatable bonds is 2. The van der Waals surface area contributed by atoms with Gasteiger partial charge in [-0.05, 0) is 31.9 Å². The molecule has 1 aromatic heterocycles. The normalized spacial score (nSPS) is 19.6. The van der Waals surface area contributed by atoms with Gasteiger partial charge in [-0.2, -0.15) is 0 Å². The van der Waals surface area contributed by atoms with Gasteiger partial charge in [0.05, 0.1) is 15.9 Å². The summed E-state index contributed by atoms with van der Waals surface area (Å²) in [6.07, 6.45) is 0.481. The van der Waals surface area contributed by atoms with Crippen LogP contribution in [0.4, 0.5) is 0 Å². The van der Waals surface area contributed by atoms with E-state index in [1.165, 1.54) is 11.3 Å². The van der Waals surface area contributed by atoms with Gasteiger partial charge in [0.25, 0.3) is 5.91 Å². The number of aliphatic hydroxyl groups is 2. The summed E-state index contributed by atoms with van der Waals surface area (Å²) < 4.78 is 0. The van der Waals surface area contributed by atoms with E-state index in [4.69, 9.17) is 5.11 Å². The predicted octanol–water partition coefficient (Wildman–Crippen LogP) is 1.24. The van der Waals surface area contributed by atoms with Crippen LogP contribution in [0.25, 0.3) is 0 Å². The highest BCUT2D eigenvalue weighted by atomic mass is 32.1. The van der Waals surface area contributed by atoms with Crippen LogP contribution in [0.15, 0.2) is 6.07 Å². The van der Waals surface area contributed by atoms with Gasteiger partial charge in [0, 0.05) is 19.0 Å². The van der Waals surface area contributed by atoms with Gasteiger partial charge < -0.3 is 15.1 Å². The van der Waals surface area contributed by atoms with Crippen molar-refractivity contribution in [3.8, 4) is 11.8 Å². The Morgan fingerprint density at radius 1 is 1.65 bits per heavy atom. The summed E-state index contributed by atoms with van der Waals surface area (Å²) in [6.45, 7) is 4.82. The van der Waals surface area contributed by atoms with Gasteiger partial charge in [-0.15, -0.1) is 11.3 Å². The molecule has 0 radical (unpaired) electrons. The summed E-state index contributed by atoms with van der Waals surface area (Å²) >= 11 is 1.37. The van der Waals surface area contributed by atoms with Crippen molar-refractivity contribution in [2.24, 2.45) is 5.92 Å². The topological polar surface area (TPSA) is 60.8 Å². The van der Waals surface area contributed by atoms with Crippen LogP contribution in [-0.4, -0.2) is 46.8 Å². The Bertz CT molecular complexity index is 553. The first-order chi connectivity index (χ1) is 9.52. The number of aliphatic hydroxyl groups excluding tert-OH is 2. The largest absolute Gasteiger partial charge is 0.393 e. The van der Waals surface area contributed by atoms with Gasteiger partial charge in [0.15, 0.2) is 0 Å². The van der Waals surface area contributed by atoms with E-state index in [0.717, 1.165) is 16.9 Å². The first-order valence-electron chi connectivity index (χ1n) is 6.70. The third-order valence-corrected chi connectivity index (χ3v) is 4.74. The second kappa shape index (κ2) is 6.40. The van der Waals surface area contributed by atoms with E-state index in [1.54, 1.807) is 11.8 Å². The molecule has 2 heterocycles. The summed E-state index contributed by atoms with van der Waals surface area (Å²) in [5.41, 5.74) is 0.963. The fraction of sp³-hybridized carbons (Fsp3) is 0.533. The number of thiophene rings is 1. The summed E-state index contributed by atoms with van der Waals surface area (Å²) in [6, 6.07) is 1.85. The number of amides is 1. The molecule has 2 unspecified atom stereocenters. The summed E-state index contributed by atoms with van der Waals surface area (Å²) in [5, 5.41) is 18.3. The highest BCUT2D eigenvalue weighted by molar-refractivity contribution is 7.14. The van der Waals surface area contributed by atoms with Crippen LogP contribution >= 0.6 is 11.3 Å². The first kappa shape index (κ1) is 15.0. The Morgan fingerprint density at radius 2 is 2.40 bits per heavy atom. The highest BCUT2D eigenvalue weighted by Crippen LogP contribution is 2.26. The Labute approximate surface area is 123 Å². The van der Waals surface area contributed by atoms with Crippen LogP contribution in [0.2, 0.25) is 0 Å². The Balaban J connectivity index is 2.10. The van der Waals surface area contributed by atoms with Crippen molar-refractivity contribution >= 4 is 17.2 Å². The van der Waals surface area contributed by atoms with E-state index in [0.29, 0.717) is 18.0 Å². The van der Waals surface area contributed by atoms with E-state index < -0.39 is 0 Å². The monoisotopic (exact) mass is 293 g/mol. The Kier molecular flexibility index (Phi) is 4.81. The molecule has 0 spiro atoms. The van der Waals surface area contributed by atoms with E-state index in [1.807, 2.05) is 13.0 Å². The van der Waals surface area contributed by atoms with Crippen LogP contribution in [0.3, 0.4) is 0 Å². The molecule has 20 heavy (non-hydrogen) atoms. The number of carbonyl (C=O) groups is 1. The fourth-order valence-electron chi connectivity index (χ4n) is 2.35. The molecular formula is C15H19NO3S. The molecule has 0 bridgehead atoms. The maximum atomic E-state index is 12.4. The lowest BCUT2D eigenvalue weighted by atomic mass is 10.0. The molecule has 2 atom stereocenters. The number of nitrogens with zero attached hydrogens (tertiary/aromatic N) is 1. The summed E-state index contributed by atoms with van der Waals surface area (Å²) in [7, 11) is 0. The van der Waals surface area contributed by atoms with E-state index in [2.05, 4.69) is 11.8 Å². The number of aryl methyl sites for hydroxylation is 1. The van der Waals surface area contributed by atoms with Crippen LogP contribution < -0.4 is 0 Å². The third-order valence-electron chi connectivity index (χ3n) is 3.60. The van der Waals surface area contributed by atoms with Crippen LogP contribution in [-0.2, 0) is 0 Å². The second-order valence-corrected chi connectivity index (χ2v) is 6.18. The lowest BCUT2D eigenvalue weighted by Gasteiger charge is -2.16. The number of hydrogen-bond donors (Lipinski definition) is 2. The molecule has 1 saturated heterocycles. The first-order valence-corrected chi connectivity index (χ1v) is 7.52. The Morgan fingerprint density at radius 3 is 3.00 bits per heavy atom. The predicted molar refractivity (Wildman–Crippen MR) is 78.7 cm³/mol. The van der Waals surface area contributed by atoms with Gasteiger partial charge in [0.2, 0.25) is 0 Å². The maximum Gasteiger partial charge on any atom is 0.263 e. The van der Waals surface area contributed by atoms with E-state index in [9.17, 15) is 9.90 Å². The molecule has 108 valence electrons. The van der Waals surface area contributed by atoms with Crippen LogP contribution in [0.1, 0.15) is 33.5 Å². The number of hydrogen-bond acceptors (Lipinski definition) is 4. The quantitative estimate of drug-likeness (QED) is 0.807.